The summed E-state index contributed by atoms with van der Waals surface area (Å²) in [6.07, 6.45) is 2.10. The summed E-state index contributed by atoms with van der Waals surface area (Å²) in [4.78, 5) is 12.8. The Balaban J connectivity index is 1.85. The monoisotopic (exact) mass is 377 g/mol. The molecule has 1 aliphatic heterocycles. The topological polar surface area (TPSA) is 96.3 Å². The minimum atomic E-state index is -3.77. The van der Waals surface area contributed by atoms with E-state index in [4.69, 9.17) is 0 Å². The zero-order chi connectivity index (χ0) is 19.1. The molecule has 0 aliphatic carbocycles. The van der Waals surface area contributed by atoms with E-state index in [0.29, 0.717) is 12.1 Å². The number of likely N-dealkylation sites (N-methyl/N-ethyl adjacent to an activating group) is 1. The van der Waals surface area contributed by atoms with E-state index < -0.39 is 22.3 Å². The number of aryl methyl sites for hydroxylation is 3. The molecule has 0 saturated carbocycles. The largest absolute Gasteiger partial charge is 0.325 e. The number of nitrogens with zero attached hydrogens (tertiary/aromatic N) is 3. The second kappa shape index (κ2) is 6.82. The normalized spacial score (nSPS) is 22.9. The molecule has 26 heavy (non-hydrogen) atoms. The van der Waals surface area contributed by atoms with Crippen molar-refractivity contribution in [3.63, 3.8) is 0 Å². The van der Waals surface area contributed by atoms with Crippen LogP contribution in [0.1, 0.15) is 29.3 Å². The van der Waals surface area contributed by atoms with Gasteiger partial charge in [0.05, 0.1) is 11.7 Å². The summed E-state index contributed by atoms with van der Waals surface area (Å²) in [6.45, 7) is 3.78. The molecule has 2 atom stereocenters. The lowest BCUT2D eigenvalue weighted by atomic mass is 10.00. The van der Waals surface area contributed by atoms with Gasteiger partial charge in [0.1, 0.15) is 6.04 Å². The highest BCUT2D eigenvalue weighted by Gasteiger charge is 2.41. The molecule has 2 aromatic rings. The highest BCUT2D eigenvalue weighted by Crippen LogP contribution is 2.29. The first-order valence-electron chi connectivity index (χ1n) is 8.30. The summed E-state index contributed by atoms with van der Waals surface area (Å²) in [5, 5.41) is 7.07. The molecule has 1 aromatic heterocycles. The number of nitrogens with one attached hydrogen (secondary N) is 2. The molecule has 3 rings (SSSR count). The fourth-order valence-electron chi connectivity index (χ4n) is 3.14. The Morgan fingerprint density at radius 2 is 1.88 bits per heavy atom. The third kappa shape index (κ3) is 3.64. The first kappa shape index (κ1) is 18.6. The summed E-state index contributed by atoms with van der Waals surface area (Å²) in [6, 6.07) is 6.06. The van der Waals surface area contributed by atoms with E-state index in [-0.39, 0.29) is 5.91 Å². The number of benzene rings is 1. The predicted molar refractivity (Wildman–Crippen MR) is 98.7 cm³/mol. The lowest BCUT2D eigenvalue weighted by Crippen LogP contribution is -2.56. The van der Waals surface area contributed by atoms with Crippen molar-refractivity contribution in [2.45, 2.75) is 32.4 Å². The lowest BCUT2D eigenvalue weighted by Gasteiger charge is -2.36. The zero-order valence-electron chi connectivity index (χ0n) is 15.2. The first-order chi connectivity index (χ1) is 12.2. The number of rotatable bonds is 3. The second-order valence-corrected chi connectivity index (χ2v) is 8.40. The van der Waals surface area contributed by atoms with Gasteiger partial charge in [-0.1, -0.05) is 17.7 Å². The fraction of sp³-hybridized carbons (Fsp3) is 0.412. The number of hydrogen-bond acceptors (Lipinski definition) is 4. The van der Waals surface area contributed by atoms with Crippen LogP contribution in [0.2, 0.25) is 0 Å². The summed E-state index contributed by atoms with van der Waals surface area (Å²) in [7, 11) is -0.584. The molecule has 8 nitrogen and oxygen atoms in total. The van der Waals surface area contributed by atoms with Gasteiger partial charge in [0.25, 0.3) is 10.2 Å². The third-order valence-corrected chi connectivity index (χ3v) is 6.21. The first-order valence-corrected chi connectivity index (χ1v) is 9.74. The maximum Gasteiger partial charge on any atom is 0.280 e. The predicted octanol–water partition coefficient (Wildman–Crippen LogP) is 1.26. The van der Waals surface area contributed by atoms with Gasteiger partial charge >= 0.3 is 0 Å². The SMILES string of the molecule is Cc1ccc(NC(=O)[C@@H]2C[C@H](c3cn(C)nc3C)NS(=O)(=O)N2C)cc1. The van der Waals surface area contributed by atoms with Gasteiger partial charge in [-0.05, 0) is 32.4 Å². The van der Waals surface area contributed by atoms with E-state index in [1.54, 1.807) is 30.1 Å². The zero-order valence-corrected chi connectivity index (χ0v) is 16.0. The van der Waals surface area contributed by atoms with Crippen molar-refractivity contribution in [1.29, 1.82) is 0 Å². The molecule has 0 unspecified atom stereocenters. The van der Waals surface area contributed by atoms with Crippen LogP contribution in [-0.2, 0) is 22.1 Å². The lowest BCUT2D eigenvalue weighted by molar-refractivity contribution is -0.120. The number of carbonyl (C=O) groups is 1. The molecule has 9 heteroatoms. The Kier molecular flexibility index (Phi) is 4.87. The summed E-state index contributed by atoms with van der Waals surface area (Å²) >= 11 is 0. The Bertz CT molecular complexity index is 920. The third-order valence-electron chi connectivity index (χ3n) is 4.62. The number of aromatic nitrogens is 2. The minimum Gasteiger partial charge on any atom is -0.325 e. The highest BCUT2D eigenvalue weighted by molar-refractivity contribution is 7.87. The summed E-state index contributed by atoms with van der Waals surface area (Å²) < 4.78 is 30.4. The van der Waals surface area contributed by atoms with Crippen LogP contribution in [0.5, 0.6) is 0 Å². The number of carbonyl (C=O) groups excluding carboxylic acids is 1. The van der Waals surface area contributed by atoms with Gasteiger partial charge in [-0.25, -0.2) is 0 Å². The van der Waals surface area contributed by atoms with E-state index >= 15 is 0 Å². The van der Waals surface area contributed by atoms with Crippen molar-refractivity contribution in [1.82, 2.24) is 18.8 Å². The van der Waals surface area contributed by atoms with Gasteiger partial charge in [-0.15, -0.1) is 0 Å². The molecule has 1 amide bonds. The maximum absolute atomic E-state index is 12.8. The molecular weight excluding hydrogens is 354 g/mol. The van der Waals surface area contributed by atoms with Crippen LogP contribution in [-0.4, -0.2) is 41.5 Å². The van der Waals surface area contributed by atoms with E-state index in [1.165, 1.54) is 7.05 Å². The van der Waals surface area contributed by atoms with Gasteiger partial charge in [0.2, 0.25) is 5.91 Å². The van der Waals surface area contributed by atoms with Gasteiger partial charge < -0.3 is 5.32 Å². The van der Waals surface area contributed by atoms with Crippen LogP contribution in [0, 0.1) is 13.8 Å². The second-order valence-electron chi connectivity index (χ2n) is 6.64. The molecule has 2 N–H and O–H groups in total. The Morgan fingerprint density at radius 1 is 1.23 bits per heavy atom. The van der Waals surface area contributed by atoms with Gasteiger partial charge in [-0.2, -0.15) is 22.5 Å². The van der Waals surface area contributed by atoms with Crippen LogP contribution < -0.4 is 10.0 Å². The average Bonchev–Trinajstić information content (AvgIpc) is 2.90. The van der Waals surface area contributed by atoms with E-state index in [2.05, 4.69) is 15.1 Å². The quantitative estimate of drug-likeness (QED) is 0.841. The fourth-order valence-corrected chi connectivity index (χ4v) is 4.40. The van der Waals surface area contributed by atoms with Gasteiger partial charge in [0, 0.05) is 31.5 Å². The molecule has 1 aliphatic rings. The Morgan fingerprint density at radius 3 is 2.46 bits per heavy atom. The van der Waals surface area contributed by atoms with E-state index in [0.717, 1.165) is 21.1 Å². The van der Waals surface area contributed by atoms with Crippen LogP contribution >= 0.6 is 0 Å². The molecule has 2 heterocycles. The Labute approximate surface area is 153 Å². The molecule has 0 radical (unpaired) electrons. The van der Waals surface area contributed by atoms with Crippen molar-refractivity contribution in [3.8, 4) is 0 Å². The van der Waals surface area contributed by atoms with E-state index in [1.807, 2.05) is 26.0 Å². The average molecular weight is 377 g/mol. The van der Waals surface area contributed by atoms with Crippen LogP contribution in [0.25, 0.3) is 0 Å². The molecule has 1 aromatic carbocycles. The van der Waals surface area contributed by atoms with Crippen molar-refractivity contribution in [2.75, 3.05) is 12.4 Å². The van der Waals surface area contributed by atoms with Crippen LogP contribution in [0.3, 0.4) is 0 Å². The number of anilines is 1. The standard InChI is InChI=1S/C17H23N5O3S/c1-11-5-7-13(8-6-11)18-17(23)16-9-15(20-26(24,25)22(16)4)14-10-21(3)19-12(14)2/h5-8,10,15-16,20H,9H2,1-4H3,(H,18,23)/t15-,16+/m1/s1. The molecular formula is C17H23N5O3S. The highest BCUT2D eigenvalue weighted by atomic mass is 32.2. The van der Waals surface area contributed by atoms with Crippen LogP contribution in [0.15, 0.2) is 30.5 Å². The van der Waals surface area contributed by atoms with Crippen molar-refractivity contribution in [3.05, 3.63) is 47.3 Å². The van der Waals surface area contributed by atoms with Gasteiger partial charge in [0.15, 0.2) is 0 Å². The smallest absolute Gasteiger partial charge is 0.280 e. The summed E-state index contributed by atoms with van der Waals surface area (Å²) in [5.74, 6) is -0.354. The summed E-state index contributed by atoms with van der Waals surface area (Å²) in [5.41, 5.74) is 3.23. The number of amides is 1. The number of hydrogen-bond donors (Lipinski definition) is 2. The molecule has 140 valence electrons. The van der Waals surface area contributed by atoms with Crippen molar-refractivity contribution >= 4 is 21.8 Å². The molecule has 0 spiro atoms. The molecule has 0 bridgehead atoms. The maximum atomic E-state index is 12.8. The van der Waals surface area contributed by atoms with Crippen molar-refractivity contribution in [2.24, 2.45) is 7.05 Å². The van der Waals surface area contributed by atoms with E-state index in [9.17, 15) is 13.2 Å². The molecule has 1 saturated heterocycles. The Hall–Kier alpha value is -2.23. The van der Waals surface area contributed by atoms with Gasteiger partial charge in [-0.3, -0.25) is 9.48 Å². The van der Waals surface area contributed by atoms with Crippen LogP contribution in [0.4, 0.5) is 5.69 Å². The minimum absolute atomic E-state index is 0.319. The van der Waals surface area contributed by atoms with Crippen molar-refractivity contribution < 1.29 is 13.2 Å². The molecule has 1 fully saturated rings.